The van der Waals surface area contributed by atoms with Crippen LogP contribution in [-0.4, -0.2) is 27.7 Å². The fourth-order valence-electron chi connectivity index (χ4n) is 2.43. The summed E-state index contributed by atoms with van der Waals surface area (Å²) in [5, 5.41) is 5.01. The Hall–Kier alpha value is -0.530. The Bertz CT molecular complexity index is 621. The molecule has 1 fully saturated rings. The maximum absolute atomic E-state index is 11.4. The van der Waals surface area contributed by atoms with Gasteiger partial charge < -0.3 is 9.47 Å². The first-order valence-corrected chi connectivity index (χ1v) is 8.83. The van der Waals surface area contributed by atoms with Gasteiger partial charge in [-0.2, -0.15) is 0 Å². The molecule has 0 radical (unpaired) electrons. The van der Waals surface area contributed by atoms with Crippen molar-refractivity contribution in [3.8, 4) is 5.75 Å². The molecule has 118 valence electrons. The molecule has 5 nitrogen and oxygen atoms in total. The molecule has 21 heavy (non-hydrogen) atoms. The number of ether oxygens (including phenoxy) is 2. The molecule has 0 saturated heterocycles. The fourth-order valence-corrected chi connectivity index (χ4v) is 3.78. The molecule has 1 aliphatic carbocycles. The van der Waals surface area contributed by atoms with Crippen LogP contribution in [0.15, 0.2) is 17.0 Å². The molecule has 0 bridgehead atoms. The largest absolute Gasteiger partial charge is 0.489 e. The number of halogens is 2. The van der Waals surface area contributed by atoms with Gasteiger partial charge in [0.1, 0.15) is 21.8 Å². The van der Waals surface area contributed by atoms with E-state index in [4.69, 9.17) is 37.8 Å². The average Bonchev–Trinajstić information content (AvgIpc) is 2.43. The van der Waals surface area contributed by atoms with Gasteiger partial charge >= 0.3 is 0 Å². The second kappa shape index (κ2) is 6.71. The molecule has 2 atom stereocenters. The minimum absolute atomic E-state index is 0.0300. The van der Waals surface area contributed by atoms with E-state index in [0.29, 0.717) is 5.75 Å². The molecule has 8 heteroatoms. The lowest BCUT2D eigenvalue weighted by Gasteiger charge is -2.29. The van der Waals surface area contributed by atoms with Gasteiger partial charge in [0.2, 0.25) is 10.0 Å². The molecule has 0 amide bonds. The van der Waals surface area contributed by atoms with E-state index in [0.717, 1.165) is 25.7 Å². The van der Waals surface area contributed by atoms with Gasteiger partial charge in [0.25, 0.3) is 0 Å². The molecule has 1 aliphatic rings. The first kappa shape index (κ1) is 16.8. The molecule has 0 aromatic heterocycles. The Morgan fingerprint density at radius 3 is 2.48 bits per heavy atom. The standard InChI is InChI=1S/C13H17Cl2NO4S/c1-19-8-3-2-4-9(7-8)20-10-5-6-11(21(16,17)18)13(15)12(10)14/h5-6,8-9H,2-4,7H2,1H3,(H2,16,17,18). The Labute approximate surface area is 134 Å². The van der Waals surface area contributed by atoms with E-state index in [9.17, 15) is 8.42 Å². The van der Waals surface area contributed by atoms with Crippen molar-refractivity contribution in [2.24, 2.45) is 5.14 Å². The lowest BCUT2D eigenvalue weighted by molar-refractivity contribution is 0.0210. The average molecular weight is 354 g/mol. The monoisotopic (exact) mass is 353 g/mol. The van der Waals surface area contributed by atoms with Crippen LogP contribution < -0.4 is 9.88 Å². The maximum atomic E-state index is 11.4. The van der Waals surface area contributed by atoms with Crippen LogP contribution in [0.3, 0.4) is 0 Å². The number of rotatable bonds is 4. The van der Waals surface area contributed by atoms with Crippen molar-refractivity contribution in [1.82, 2.24) is 0 Å². The summed E-state index contributed by atoms with van der Waals surface area (Å²) in [6.45, 7) is 0. The molecular weight excluding hydrogens is 337 g/mol. The van der Waals surface area contributed by atoms with E-state index >= 15 is 0 Å². The van der Waals surface area contributed by atoms with Crippen molar-refractivity contribution in [3.05, 3.63) is 22.2 Å². The highest BCUT2D eigenvalue weighted by Gasteiger charge is 2.25. The number of methoxy groups -OCH3 is 1. The summed E-state index contributed by atoms with van der Waals surface area (Å²) in [4.78, 5) is -0.208. The van der Waals surface area contributed by atoms with Crippen molar-refractivity contribution in [3.63, 3.8) is 0 Å². The number of benzene rings is 1. The van der Waals surface area contributed by atoms with Crippen molar-refractivity contribution in [2.75, 3.05) is 7.11 Å². The van der Waals surface area contributed by atoms with Crippen LogP contribution >= 0.6 is 23.2 Å². The Balaban J connectivity index is 2.20. The molecule has 2 unspecified atom stereocenters. The van der Waals surface area contributed by atoms with Gasteiger partial charge in [0.05, 0.1) is 11.1 Å². The summed E-state index contributed by atoms with van der Waals surface area (Å²) < 4.78 is 33.9. The van der Waals surface area contributed by atoms with Crippen molar-refractivity contribution >= 4 is 33.2 Å². The van der Waals surface area contributed by atoms with Crippen LogP contribution in [0.1, 0.15) is 25.7 Å². The molecule has 1 aromatic rings. The number of hydrogen-bond acceptors (Lipinski definition) is 4. The highest BCUT2D eigenvalue weighted by atomic mass is 35.5. The van der Waals surface area contributed by atoms with Crippen LogP contribution in [0.2, 0.25) is 10.0 Å². The number of sulfonamides is 1. The van der Waals surface area contributed by atoms with E-state index in [1.807, 2.05) is 0 Å². The van der Waals surface area contributed by atoms with Gasteiger partial charge in [-0.05, 0) is 31.4 Å². The summed E-state index contributed by atoms with van der Waals surface area (Å²) in [7, 11) is -2.23. The minimum Gasteiger partial charge on any atom is -0.489 e. The predicted octanol–water partition coefficient (Wildman–Crippen LogP) is 2.98. The smallest absolute Gasteiger partial charge is 0.239 e. The van der Waals surface area contributed by atoms with E-state index < -0.39 is 10.0 Å². The zero-order valence-corrected chi connectivity index (χ0v) is 13.8. The third kappa shape index (κ3) is 4.02. The summed E-state index contributed by atoms with van der Waals surface area (Å²) in [5.74, 6) is 0.357. The first-order chi connectivity index (χ1) is 9.82. The van der Waals surface area contributed by atoms with Crippen LogP contribution in [-0.2, 0) is 14.8 Å². The Morgan fingerprint density at radius 2 is 1.86 bits per heavy atom. The second-order valence-corrected chi connectivity index (χ2v) is 7.28. The predicted molar refractivity (Wildman–Crippen MR) is 81.5 cm³/mol. The second-order valence-electron chi connectivity index (χ2n) is 5.00. The summed E-state index contributed by atoms with van der Waals surface area (Å²) in [5.41, 5.74) is 0. The van der Waals surface area contributed by atoms with E-state index in [1.54, 1.807) is 7.11 Å². The molecular formula is C13H17Cl2NO4S. The molecule has 0 aliphatic heterocycles. The first-order valence-electron chi connectivity index (χ1n) is 6.53. The number of hydrogen-bond donors (Lipinski definition) is 1. The molecule has 0 heterocycles. The van der Waals surface area contributed by atoms with Crippen LogP contribution in [0.4, 0.5) is 0 Å². The number of primary sulfonamides is 1. The van der Waals surface area contributed by atoms with E-state index in [2.05, 4.69) is 0 Å². The Morgan fingerprint density at radius 1 is 1.19 bits per heavy atom. The van der Waals surface area contributed by atoms with Gasteiger partial charge in [-0.15, -0.1) is 0 Å². The van der Waals surface area contributed by atoms with Crippen LogP contribution in [0, 0.1) is 0 Å². The van der Waals surface area contributed by atoms with Crippen LogP contribution in [0.25, 0.3) is 0 Å². The SMILES string of the molecule is COC1CCCC(Oc2ccc(S(N)(=O)=O)c(Cl)c2Cl)C1. The zero-order valence-electron chi connectivity index (χ0n) is 11.5. The molecule has 1 aromatic carbocycles. The summed E-state index contributed by atoms with van der Waals surface area (Å²) >= 11 is 12.0. The van der Waals surface area contributed by atoms with Gasteiger partial charge in [-0.1, -0.05) is 23.2 Å². The molecule has 0 spiro atoms. The van der Waals surface area contributed by atoms with Gasteiger partial charge in [0, 0.05) is 13.5 Å². The third-order valence-electron chi connectivity index (χ3n) is 3.52. The molecule has 2 rings (SSSR count). The quantitative estimate of drug-likeness (QED) is 0.902. The van der Waals surface area contributed by atoms with Crippen LogP contribution in [0.5, 0.6) is 5.75 Å². The van der Waals surface area contributed by atoms with Gasteiger partial charge in [0.15, 0.2) is 0 Å². The van der Waals surface area contributed by atoms with Gasteiger partial charge in [-0.25, -0.2) is 13.6 Å². The Kier molecular flexibility index (Phi) is 5.38. The zero-order chi connectivity index (χ0) is 15.6. The normalized spacial score (nSPS) is 23.0. The molecule has 2 N–H and O–H groups in total. The molecule has 1 saturated carbocycles. The van der Waals surface area contributed by atoms with Crippen molar-refractivity contribution in [2.45, 2.75) is 42.8 Å². The van der Waals surface area contributed by atoms with E-state index in [1.165, 1.54) is 12.1 Å². The van der Waals surface area contributed by atoms with Crippen molar-refractivity contribution in [1.29, 1.82) is 0 Å². The number of nitrogens with two attached hydrogens (primary N) is 1. The summed E-state index contributed by atoms with van der Waals surface area (Å²) in [6, 6.07) is 2.78. The van der Waals surface area contributed by atoms with E-state index in [-0.39, 0.29) is 27.1 Å². The third-order valence-corrected chi connectivity index (χ3v) is 5.45. The van der Waals surface area contributed by atoms with Gasteiger partial charge in [-0.3, -0.25) is 0 Å². The lowest BCUT2D eigenvalue weighted by Crippen LogP contribution is -2.29. The topological polar surface area (TPSA) is 78.6 Å². The fraction of sp³-hybridized carbons (Fsp3) is 0.538. The highest BCUT2D eigenvalue weighted by molar-refractivity contribution is 7.89. The lowest BCUT2D eigenvalue weighted by atomic mass is 9.95. The highest BCUT2D eigenvalue weighted by Crippen LogP contribution is 2.38. The summed E-state index contributed by atoms with van der Waals surface area (Å²) in [6.07, 6.45) is 3.81. The van der Waals surface area contributed by atoms with Crippen molar-refractivity contribution < 1.29 is 17.9 Å². The minimum atomic E-state index is -3.91. The maximum Gasteiger partial charge on any atom is 0.239 e.